The maximum absolute atomic E-state index is 12.3. The number of hydrogen-bond acceptors (Lipinski definition) is 4. The van der Waals surface area contributed by atoms with Gasteiger partial charge in [0.1, 0.15) is 0 Å². The first kappa shape index (κ1) is 16.5. The van der Waals surface area contributed by atoms with Gasteiger partial charge in [0.25, 0.3) is 5.91 Å². The van der Waals surface area contributed by atoms with Crippen molar-refractivity contribution in [1.29, 1.82) is 0 Å². The van der Waals surface area contributed by atoms with Crippen LogP contribution in [0.4, 0.5) is 5.69 Å². The van der Waals surface area contributed by atoms with Gasteiger partial charge in [-0.2, -0.15) is 0 Å². The summed E-state index contributed by atoms with van der Waals surface area (Å²) in [6.07, 6.45) is 5.72. The maximum Gasteiger partial charge on any atom is 0.252 e. The Balaban J connectivity index is 1.69. The molecule has 1 saturated carbocycles. The molecule has 1 aromatic carbocycles. The average Bonchev–Trinajstić information content (AvgIpc) is 3.44. The highest BCUT2D eigenvalue weighted by molar-refractivity contribution is 5.95. The summed E-state index contributed by atoms with van der Waals surface area (Å²) in [6.45, 7) is 0.519. The van der Waals surface area contributed by atoms with Gasteiger partial charge in [-0.3, -0.25) is 9.78 Å². The first-order valence-corrected chi connectivity index (χ1v) is 8.31. The number of benzene rings is 1. The first-order chi connectivity index (χ1) is 11.5. The third-order valence-electron chi connectivity index (χ3n) is 4.44. The van der Waals surface area contributed by atoms with Gasteiger partial charge in [-0.1, -0.05) is 12.1 Å². The van der Waals surface area contributed by atoms with Crippen molar-refractivity contribution in [1.82, 2.24) is 10.3 Å². The molecule has 24 heavy (non-hydrogen) atoms. The molecule has 1 amide bonds. The zero-order valence-corrected chi connectivity index (χ0v) is 14.2. The molecule has 0 radical (unpaired) electrons. The molecule has 0 saturated heterocycles. The number of nitrogens with two attached hydrogens (primary N) is 1. The molecular weight excluding hydrogens is 300 g/mol. The van der Waals surface area contributed by atoms with E-state index < -0.39 is 0 Å². The van der Waals surface area contributed by atoms with Crippen LogP contribution in [0.25, 0.3) is 11.1 Å². The van der Waals surface area contributed by atoms with E-state index in [2.05, 4.69) is 27.3 Å². The number of amides is 1. The molecule has 1 aliphatic carbocycles. The fraction of sp³-hybridized carbons (Fsp3) is 0.368. The number of carbonyl (C=O) groups excluding carboxylic acids is 1. The molecule has 1 aromatic heterocycles. The third kappa shape index (κ3) is 3.92. The van der Waals surface area contributed by atoms with E-state index in [-0.39, 0.29) is 11.9 Å². The summed E-state index contributed by atoms with van der Waals surface area (Å²) in [5.74, 6) is 0.454. The fourth-order valence-electron chi connectivity index (χ4n) is 2.68. The summed E-state index contributed by atoms with van der Waals surface area (Å²) in [6, 6.07) is 10.1. The van der Waals surface area contributed by atoms with E-state index in [0.717, 1.165) is 16.8 Å². The lowest BCUT2D eigenvalue weighted by molar-refractivity contribution is 0.0950. The minimum atomic E-state index is -0.120. The van der Waals surface area contributed by atoms with Crippen LogP contribution in [0.3, 0.4) is 0 Å². The number of anilines is 1. The van der Waals surface area contributed by atoms with E-state index >= 15 is 0 Å². The Morgan fingerprint density at radius 2 is 1.96 bits per heavy atom. The molecule has 0 aliphatic heterocycles. The van der Waals surface area contributed by atoms with Crippen LogP contribution in [0.5, 0.6) is 0 Å². The molecule has 5 nitrogen and oxygen atoms in total. The second-order valence-corrected chi connectivity index (χ2v) is 6.61. The van der Waals surface area contributed by atoms with Crippen molar-refractivity contribution >= 4 is 11.6 Å². The molecular formula is C19H24N4O. The standard InChI is InChI=1S/C19H24N4O/c1-23(2)17-7-5-13(6-8-17)15-9-16(11-21-10-15)19(24)22-12-18(20)14-3-4-14/h5-11,14,18H,3-4,12,20H2,1-2H3,(H,22,24). The van der Waals surface area contributed by atoms with Gasteiger partial charge in [-0.15, -0.1) is 0 Å². The normalized spacial score (nSPS) is 15.0. The van der Waals surface area contributed by atoms with Crippen molar-refractivity contribution in [2.45, 2.75) is 18.9 Å². The quantitative estimate of drug-likeness (QED) is 0.855. The monoisotopic (exact) mass is 324 g/mol. The van der Waals surface area contributed by atoms with E-state index in [1.807, 2.05) is 32.3 Å². The van der Waals surface area contributed by atoms with Crippen molar-refractivity contribution in [2.75, 3.05) is 25.5 Å². The molecule has 2 aromatic rings. The van der Waals surface area contributed by atoms with Gasteiger partial charge in [0, 0.05) is 50.3 Å². The zero-order valence-electron chi connectivity index (χ0n) is 14.2. The maximum atomic E-state index is 12.3. The van der Waals surface area contributed by atoms with Gasteiger partial charge in [-0.05, 0) is 42.5 Å². The highest BCUT2D eigenvalue weighted by atomic mass is 16.1. The Kier molecular flexibility index (Phi) is 4.81. The lowest BCUT2D eigenvalue weighted by Gasteiger charge is -2.13. The third-order valence-corrected chi connectivity index (χ3v) is 4.44. The van der Waals surface area contributed by atoms with E-state index in [0.29, 0.717) is 18.0 Å². The smallest absolute Gasteiger partial charge is 0.252 e. The minimum absolute atomic E-state index is 0.0590. The molecule has 3 rings (SSSR count). The van der Waals surface area contributed by atoms with Crippen molar-refractivity contribution < 1.29 is 4.79 Å². The largest absolute Gasteiger partial charge is 0.378 e. The molecule has 1 unspecified atom stereocenters. The van der Waals surface area contributed by atoms with Gasteiger partial charge in [0.15, 0.2) is 0 Å². The fourth-order valence-corrected chi connectivity index (χ4v) is 2.68. The van der Waals surface area contributed by atoms with Crippen LogP contribution < -0.4 is 16.0 Å². The van der Waals surface area contributed by atoms with E-state index in [4.69, 9.17) is 5.73 Å². The van der Waals surface area contributed by atoms with Gasteiger partial charge in [-0.25, -0.2) is 0 Å². The molecule has 1 heterocycles. The molecule has 126 valence electrons. The highest BCUT2D eigenvalue weighted by Crippen LogP contribution is 2.31. The van der Waals surface area contributed by atoms with Crippen LogP contribution in [0.2, 0.25) is 0 Å². The summed E-state index contributed by atoms with van der Waals surface area (Å²) in [5, 5.41) is 2.91. The Hall–Kier alpha value is -2.40. The van der Waals surface area contributed by atoms with Crippen LogP contribution in [0, 0.1) is 5.92 Å². The molecule has 1 fully saturated rings. The van der Waals surface area contributed by atoms with Gasteiger partial charge in [0.2, 0.25) is 0 Å². The summed E-state index contributed by atoms with van der Waals surface area (Å²) >= 11 is 0. The summed E-state index contributed by atoms with van der Waals surface area (Å²) in [5.41, 5.74) is 9.70. The van der Waals surface area contributed by atoms with Crippen LogP contribution >= 0.6 is 0 Å². The SMILES string of the molecule is CN(C)c1ccc(-c2cncc(C(=O)NCC(N)C3CC3)c2)cc1. The van der Waals surface area contributed by atoms with Gasteiger partial charge in [0.05, 0.1) is 5.56 Å². The average molecular weight is 324 g/mol. The van der Waals surface area contributed by atoms with Gasteiger partial charge >= 0.3 is 0 Å². The Labute approximate surface area is 142 Å². The van der Waals surface area contributed by atoms with E-state index in [9.17, 15) is 4.79 Å². The van der Waals surface area contributed by atoms with Crippen LogP contribution in [0.15, 0.2) is 42.7 Å². The van der Waals surface area contributed by atoms with Crippen molar-refractivity contribution in [2.24, 2.45) is 11.7 Å². The topological polar surface area (TPSA) is 71.2 Å². The summed E-state index contributed by atoms with van der Waals surface area (Å²) < 4.78 is 0. The molecule has 1 aliphatic rings. The summed E-state index contributed by atoms with van der Waals surface area (Å²) in [7, 11) is 4.02. The highest BCUT2D eigenvalue weighted by Gasteiger charge is 2.28. The van der Waals surface area contributed by atoms with Crippen molar-refractivity contribution in [3.05, 3.63) is 48.3 Å². The summed E-state index contributed by atoms with van der Waals surface area (Å²) in [4.78, 5) is 18.6. The Bertz CT molecular complexity index is 708. The Morgan fingerprint density at radius 1 is 1.25 bits per heavy atom. The van der Waals surface area contributed by atoms with Crippen molar-refractivity contribution in [3.63, 3.8) is 0 Å². The minimum Gasteiger partial charge on any atom is -0.378 e. The van der Waals surface area contributed by atoms with E-state index in [1.165, 1.54) is 12.8 Å². The molecule has 3 N–H and O–H groups in total. The molecule has 1 atom stereocenters. The molecule has 0 bridgehead atoms. The van der Waals surface area contributed by atoms with Crippen LogP contribution in [-0.2, 0) is 0 Å². The lowest BCUT2D eigenvalue weighted by Crippen LogP contribution is -2.38. The number of rotatable bonds is 6. The second kappa shape index (κ2) is 7.01. The predicted octanol–water partition coefficient (Wildman–Crippen LogP) is 2.28. The molecule has 0 spiro atoms. The van der Waals surface area contributed by atoms with Crippen LogP contribution in [-0.4, -0.2) is 37.6 Å². The number of carbonyl (C=O) groups is 1. The first-order valence-electron chi connectivity index (χ1n) is 8.31. The molecule has 5 heteroatoms. The van der Waals surface area contributed by atoms with Crippen molar-refractivity contribution in [3.8, 4) is 11.1 Å². The number of aromatic nitrogens is 1. The lowest BCUT2D eigenvalue weighted by atomic mass is 10.1. The number of nitrogens with one attached hydrogen (secondary N) is 1. The number of pyridine rings is 1. The number of hydrogen-bond donors (Lipinski definition) is 2. The van der Waals surface area contributed by atoms with Crippen LogP contribution in [0.1, 0.15) is 23.2 Å². The predicted molar refractivity (Wildman–Crippen MR) is 97.0 cm³/mol. The zero-order chi connectivity index (χ0) is 17.1. The Morgan fingerprint density at radius 3 is 2.58 bits per heavy atom. The number of nitrogens with zero attached hydrogens (tertiary/aromatic N) is 2. The van der Waals surface area contributed by atoms with E-state index in [1.54, 1.807) is 12.4 Å². The van der Waals surface area contributed by atoms with Gasteiger partial charge < -0.3 is 16.0 Å². The second-order valence-electron chi connectivity index (χ2n) is 6.61.